The first-order chi connectivity index (χ1) is 8.61. The molecule has 0 N–H and O–H groups in total. The van der Waals surface area contributed by atoms with Gasteiger partial charge >= 0.3 is 0 Å². The average Bonchev–Trinajstić information content (AvgIpc) is 2.33. The van der Waals surface area contributed by atoms with Crippen LogP contribution in [0.4, 0.5) is 0 Å². The molecule has 18 heavy (non-hydrogen) atoms. The normalized spacial score (nSPS) is 26.8. The highest BCUT2D eigenvalue weighted by atomic mass is 79.9. The van der Waals surface area contributed by atoms with E-state index in [2.05, 4.69) is 22.9 Å². The van der Waals surface area contributed by atoms with E-state index < -0.39 is 0 Å². The van der Waals surface area contributed by atoms with E-state index in [0.717, 1.165) is 25.2 Å². The van der Waals surface area contributed by atoms with Crippen molar-refractivity contribution in [2.45, 2.75) is 36.8 Å². The zero-order chi connectivity index (χ0) is 13.1. The monoisotopic (exact) mass is 352 g/mol. The smallest absolute Gasteiger partial charge is 0.127 e. The number of rotatable bonds is 5. The number of hydrogen-bond acceptors (Lipinski definition) is 2. The summed E-state index contributed by atoms with van der Waals surface area (Å²) in [6, 6.07) is 5.31. The van der Waals surface area contributed by atoms with Gasteiger partial charge in [0.25, 0.3) is 0 Å². The van der Waals surface area contributed by atoms with E-state index in [1.54, 1.807) is 12.1 Å². The minimum absolute atomic E-state index is 0.0816. The average molecular weight is 354 g/mol. The topological polar surface area (TPSA) is 18.5 Å². The Morgan fingerprint density at radius 2 is 2.11 bits per heavy atom. The molecule has 1 saturated carbocycles. The first kappa shape index (κ1) is 14.4. The lowest BCUT2D eigenvalue weighted by Gasteiger charge is -2.40. The maximum Gasteiger partial charge on any atom is 0.127 e. The number of alkyl halides is 1. The molecule has 2 rings (SSSR count). The molecule has 1 aromatic rings. The van der Waals surface area contributed by atoms with Gasteiger partial charge in [-0.2, -0.15) is 0 Å². The Hall–Kier alpha value is 0.0400. The van der Waals surface area contributed by atoms with E-state index >= 15 is 0 Å². The second kappa shape index (κ2) is 6.47. The highest BCUT2D eigenvalue weighted by Crippen LogP contribution is 2.35. The Morgan fingerprint density at radius 1 is 1.33 bits per heavy atom. The summed E-state index contributed by atoms with van der Waals surface area (Å²) < 4.78 is 11.6. The van der Waals surface area contributed by atoms with Gasteiger partial charge in [-0.25, -0.2) is 0 Å². The van der Waals surface area contributed by atoms with Crippen molar-refractivity contribution in [3.05, 3.63) is 28.2 Å². The number of benzene rings is 1. The molecule has 0 amide bonds. The van der Waals surface area contributed by atoms with Gasteiger partial charge in [-0.05, 0) is 18.6 Å². The summed E-state index contributed by atoms with van der Waals surface area (Å²) in [6.45, 7) is 2.85. The zero-order valence-corrected chi connectivity index (χ0v) is 13.1. The lowest BCUT2D eigenvalue weighted by molar-refractivity contribution is -0.0762. The molecule has 1 aliphatic carbocycles. The Kier molecular flexibility index (Phi) is 5.19. The van der Waals surface area contributed by atoms with Crippen molar-refractivity contribution >= 4 is 39.1 Å². The molecular weight excluding hydrogens is 339 g/mol. The molecule has 2 nitrogen and oxygen atoms in total. The Labute approximate surface area is 126 Å². The minimum atomic E-state index is 0.0816. The Bertz CT molecular complexity index is 414. The molecule has 0 saturated heterocycles. The SMILES string of the molecule is CCCOC1C(Br)CC1Oc1ccc(Cl)c(Cl)c1. The number of ether oxygens (including phenoxy) is 2. The Balaban J connectivity index is 1.94. The van der Waals surface area contributed by atoms with Crippen LogP contribution < -0.4 is 4.74 Å². The van der Waals surface area contributed by atoms with Gasteiger partial charge < -0.3 is 9.47 Å². The van der Waals surface area contributed by atoms with Gasteiger partial charge in [0, 0.05) is 23.9 Å². The van der Waals surface area contributed by atoms with Crippen molar-refractivity contribution in [3.8, 4) is 5.75 Å². The maximum absolute atomic E-state index is 5.95. The van der Waals surface area contributed by atoms with Gasteiger partial charge in [-0.15, -0.1) is 0 Å². The van der Waals surface area contributed by atoms with E-state index in [0.29, 0.717) is 14.9 Å². The third-order valence-electron chi connectivity index (χ3n) is 2.87. The fourth-order valence-electron chi connectivity index (χ4n) is 1.83. The predicted molar refractivity (Wildman–Crippen MR) is 78.2 cm³/mol. The number of hydrogen-bond donors (Lipinski definition) is 0. The molecule has 3 atom stereocenters. The standard InChI is InChI=1S/C13H15BrCl2O2/c1-2-5-17-13-9(14)7-12(13)18-8-3-4-10(15)11(16)6-8/h3-4,6,9,12-13H,2,5,7H2,1H3. The first-order valence-corrected chi connectivity index (χ1v) is 7.66. The van der Waals surface area contributed by atoms with E-state index in [1.807, 2.05) is 6.07 Å². The molecule has 0 heterocycles. The maximum atomic E-state index is 5.95. The van der Waals surface area contributed by atoms with Gasteiger partial charge in [-0.3, -0.25) is 0 Å². The van der Waals surface area contributed by atoms with Crippen LogP contribution in [0.1, 0.15) is 19.8 Å². The summed E-state index contributed by atoms with van der Waals surface area (Å²) in [6.07, 6.45) is 2.14. The predicted octanol–water partition coefficient (Wildman–Crippen LogP) is 4.70. The van der Waals surface area contributed by atoms with Crippen LogP contribution in [-0.4, -0.2) is 23.6 Å². The molecular formula is C13H15BrCl2O2. The van der Waals surface area contributed by atoms with E-state index in [4.69, 9.17) is 32.7 Å². The molecule has 3 unspecified atom stereocenters. The van der Waals surface area contributed by atoms with Crippen LogP contribution in [0.2, 0.25) is 10.0 Å². The van der Waals surface area contributed by atoms with Crippen molar-refractivity contribution in [3.63, 3.8) is 0 Å². The molecule has 0 aromatic heterocycles. The second-order valence-electron chi connectivity index (χ2n) is 4.32. The molecule has 0 radical (unpaired) electrons. The third-order valence-corrected chi connectivity index (χ3v) is 4.51. The second-order valence-corrected chi connectivity index (χ2v) is 6.31. The molecule has 1 aliphatic rings. The summed E-state index contributed by atoms with van der Waals surface area (Å²) >= 11 is 15.4. The van der Waals surface area contributed by atoms with Crippen LogP contribution in [0, 0.1) is 0 Å². The summed E-state index contributed by atoms with van der Waals surface area (Å²) in [5, 5.41) is 1.05. The van der Waals surface area contributed by atoms with Crippen LogP contribution in [0.3, 0.4) is 0 Å². The van der Waals surface area contributed by atoms with Crippen molar-refractivity contribution < 1.29 is 9.47 Å². The van der Waals surface area contributed by atoms with E-state index in [-0.39, 0.29) is 12.2 Å². The van der Waals surface area contributed by atoms with Crippen LogP contribution in [0.15, 0.2) is 18.2 Å². The minimum Gasteiger partial charge on any atom is -0.488 e. The van der Waals surface area contributed by atoms with Crippen molar-refractivity contribution in [1.82, 2.24) is 0 Å². The molecule has 0 bridgehead atoms. The zero-order valence-electron chi connectivity index (χ0n) is 10.0. The quantitative estimate of drug-likeness (QED) is 0.714. The Morgan fingerprint density at radius 3 is 2.72 bits per heavy atom. The van der Waals surface area contributed by atoms with Gasteiger partial charge in [0.05, 0.1) is 10.0 Å². The summed E-state index contributed by atoms with van der Waals surface area (Å²) in [5.41, 5.74) is 0. The lowest BCUT2D eigenvalue weighted by Crippen LogP contribution is -2.52. The van der Waals surface area contributed by atoms with Crippen LogP contribution in [-0.2, 0) is 4.74 Å². The fraction of sp³-hybridized carbons (Fsp3) is 0.538. The molecule has 1 fully saturated rings. The molecule has 0 aliphatic heterocycles. The molecule has 1 aromatic carbocycles. The van der Waals surface area contributed by atoms with Crippen LogP contribution in [0.5, 0.6) is 5.75 Å². The van der Waals surface area contributed by atoms with Gasteiger partial charge in [-0.1, -0.05) is 46.1 Å². The highest BCUT2D eigenvalue weighted by molar-refractivity contribution is 9.09. The van der Waals surface area contributed by atoms with Crippen LogP contribution in [0.25, 0.3) is 0 Å². The molecule has 100 valence electrons. The molecule has 5 heteroatoms. The van der Waals surface area contributed by atoms with Gasteiger partial charge in [0.1, 0.15) is 18.0 Å². The van der Waals surface area contributed by atoms with Crippen molar-refractivity contribution in [2.75, 3.05) is 6.61 Å². The van der Waals surface area contributed by atoms with Crippen molar-refractivity contribution in [1.29, 1.82) is 0 Å². The lowest BCUT2D eigenvalue weighted by atomic mass is 9.91. The van der Waals surface area contributed by atoms with Crippen LogP contribution >= 0.6 is 39.1 Å². The molecule has 0 spiro atoms. The summed E-state index contributed by atoms with van der Waals surface area (Å²) in [5.74, 6) is 0.735. The first-order valence-electron chi connectivity index (χ1n) is 5.99. The summed E-state index contributed by atoms with van der Waals surface area (Å²) in [4.78, 5) is 0.372. The highest BCUT2D eigenvalue weighted by Gasteiger charge is 2.42. The van der Waals surface area contributed by atoms with E-state index in [9.17, 15) is 0 Å². The summed E-state index contributed by atoms with van der Waals surface area (Å²) in [7, 11) is 0. The van der Waals surface area contributed by atoms with Crippen molar-refractivity contribution in [2.24, 2.45) is 0 Å². The van der Waals surface area contributed by atoms with E-state index in [1.165, 1.54) is 0 Å². The largest absolute Gasteiger partial charge is 0.488 e. The fourth-order valence-corrected chi connectivity index (χ4v) is 2.98. The van der Waals surface area contributed by atoms with Gasteiger partial charge in [0.2, 0.25) is 0 Å². The van der Waals surface area contributed by atoms with Gasteiger partial charge in [0.15, 0.2) is 0 Å². The number of halogens is 3. The third kappa shape index (κ3) is 3.32.